The molecule has 1 heteroatoms. The van der Waals surface area contributed by atoms with Crippen molar-refractivity contribution in [2.45, 2.75) is 13.8 Å². The van der Waals surface area contributed by atoms with E-state index in [1.165, 1.54) is 21.9 Å². The van der Waals surface area contributed by atoms with Crippen LogP contribution in [0.5, 0.6) is 0 Å². The summed E-state index contributed by atoms with van der Waals surface area (Å²) in [7, 11) is 0. The third-order valence-corrected chi connectivity index (χ3v) is 2.25. The molecule has 2 aromatic carbocycles. The van der Waals surface area contributed by atoms with Gasteiger partial charge in [-0.3, -0.25) is 0 Å². The number of fused-ring (bicyclic) bond motifs is 1. The summed E-state index contributed by atoms with van der Waals surface area (Å²) in [6, 6.07) is 10.8. The van der Waals surface area contributed by atoms with E-state index < -0.39 is 0 Å². The Labute approximate surface area is 98.2 Å². The molecule has 2 rings (SSSR count). The third kappa shape index (κ3) is 1.51. The number of hydrogen-bond donors (Lipinski definition) is 0. The van der Waals surface area contributed by atoms with Crippen molar-refractivity contribution in [3.8, 4) is 0 Å². The van der Waals surface area contributed by atoms with Crippen LogP contribution >= 0.6 is 0 Å². The van der Waals surface area contributed by atoms with Crippen molar-refractivity contribution in [3.05, 3.63) is 41.5 Å². The van der Waals surface area contributed by atoms with Gasteiger partial charge in [0.15, 0.2) is 0 Å². The summed E-state index contributed by atoms with van der Waals surface area (Å²) in [5.74, 6) is 0. The zero-order valence-electron chi connectivity index (χ0n) is 7.46. The van der Waals surface area contributed by atoms with Crippen LogP contribution in [0.25, 0.3) is 10.8 Å². The topological polar surface area (TPSA) is 0 Å². The van der Waals surface area contributed by atoms with E-state index in [9.17, 15) is 0 Å². The van der Waals surface area contributed by atoms with Crippen LogP contribution in [0, 0.1) is 13.8 Å². The molecule has 0 amide bonds. The largest absolute Gasteiger partial charge is 0.168 e. The molecule has 2 aromatic rings. The van der Waals surface area contributed by atoms with E-state index in [1.54, 1.807) is 0 Å². The molecule has 0 fully saturated rings. The minimum absolute atomic E-state index is 0. The van der Waals surface area contributed by atoms with Gasteiger partial charge in [0.2, 0.25) is 0 Å². The molecule has 0 aliphatic rings. The van der Waals surface area contributed by atoms with E-state index >= 15 is 0 Å². The van der Waals surface area contributed by atoms with E-state index in [0.29, 0.717) is 0 Å². The maximum absolute atomic E-state index is 2.18. The van der Waals surface area contributed by atoms with Gasteiger partial charge in [0.25, 0.3) is 0 Å². The molecule has 0 heterocycles. The van der Waals surface area contributed by atoms with Crippen molar-refractivity contribution >= 4 is 10.8 Å². The Balaban J connectivity index is 0.000000720. The van der Waals surface area contributed by atoms with Gasteiger partial charge in [-0.2, -0.15) is 12.1 Å². The van der Waals surface area contributed by atoms with Gasteiger partial charge in [0.1, 0.15) is 0 Å². The molecule has 0 aliphatic heterocycles. The first-order valence-electron chi connectivity index (χ1n) is 3.90. The normalized spacial score (nSPS) is 9.83. The predicted molar refractivity (Wildman–Crippen MR) is 49.0 cm³/mol. The standard InChI is InChI=1S/C11H11.Y/c1-8-6-7-9(2)11-5-3-4-10(8)11;/h3-7H,1-2H3;/q-1;. The van der Waals surface area contributed by atoms with Crippen molar-refractivity contribution < 1.29 is 32.7 Å². The summed E-state index contributed by atoms with van der Waals surface area (Å²) in [5.41, 5.74) is 2.74. The van der Waals surface area contributed by atoms with Gasteiger partial charge in [-0.1, -0.05) is 18.6 Å². The molecular weight excluding hydrogens is 221 g/mol. The van der Waals surface area contributed by atoms with E-state index in [1.807, 2.05) is 0 Å². The summed E-state index contributed by atoms with van der Waals surface area (Å²) >= 11 is 0. The van der Waals surface area contributed by atoms with Crippen LogP contribution in [-0.2, 0) is 32.7 Å². The summed E-state index contributed by atoms with van der Waals surface area (Å²) < 4.78 is 0. The summed E-state index contributed by atoms with van der Waals surface area (Å²) in [6.45, 7) is 4.31. The van der Waals surface area contributed by atoms with Crippen molar-refractivity contribution in [1.29, 1.82) is 0 Å². The average molecular weight is 232 g/mol. The Morgan fingerprint density at radius 3 is 2.33 bits per heavy atom. The molecule has 0 unspecified atom stereocenters. The van der Waals surface area contributed by atoms with Crippen molar-refractivity contribution in [2.75, 3.05) is 0 Å². The molecule has 0 spiro atoms. The van der Waals surface area contributed by atoms with Crippen LogP contribution in [-0.4, -0.2) is 0 Å². The van der Waals surface area contributed by atoms with Gasteiger partial charge in [0, 0.05) is 32.7 Å². The van der Waals surface area contributed by atoms with E-state index in [-0.39, 0.29) is 32.7 Å². The van der Waals surface area contributed by atoms with Crippen LogP contribution in [0.1, 0.15) is 11.1 Å². The fourth-order valence-corrected chi connectivity index (χ4v) is 1.54. The van der Waals surface area contributed by atoms with Gasteiger partial charge in [-0.15, -0.1) is 28.5 Å². The van der Waals surface area contributed by atoms with Gasteiger partial charge < -0.3 is 0 Å². The second-order valence-electron chi connectivity index (χ2n) is 3.05. The number of benzene rings is 1. The maximum Gasteiger partial charge on any atom is 0 e. The zero-order chi connectivity index (χ0) is 7.84. The summed E-state index contributed by atoms with van der Waals surface area (Å²) in [4.78, 5) is 0. The smallest absolute Gasteiger partial charge is 0 e. The number of aryl methyl sites for hydroxylation is 2. The second kappa shape index (κ2) is 3.76. The Morgan fingerprint density at radius 1 is 1.00 bits per heavy atom. The molecule has 0 saturated carbocycles. The van der Waals surface area contributed by atoms with E-state index in [4.69, 9.17) is 0 Å². The first-order chi connectivity index (χ1) is 5.29. The molecule has 0 atom stereocenters. The van der Waals surface area contributed by atoms with Gasteiger partial charge in [-0.25, -0.2) is 0 Å². The van der Waals surface area contributed by atoms with Crippen molar-refractivity contribution in [3.63, 3.8) is 0 Å². The van der Waals surface area contributed by atoms with Crippen LogP contribution in [0.4, 0.5) is 0 Å². The quantitative estimate of drug-likeness (QED) is 0.612. The summed E-state index contributed by atoms with van der Waals surface area (Å²) in [6.07, 6.45) is 0. The fraction of sp³-hybridized carbons (Fsp3) is 0.182. The first kappa shape index (κ1) is 10.0. The molecule has 59 valence electrons. The predicted octanol–water partition coefficient (Wildman–Crippen LogP) is 3.17. The number of hydrogen-bond acceptors (Lipinski definition) is 0. The molecule has 1 radical (unpaired) electrons. The second-order valence-corrected chi connectivity index (χ2v) is 3.05. The monoisotopic (exact) mass is 232 g/mol. The van der Waals surface area contributed by atoms with Crippen molar-refractivity contribution in [2.24, 2.45) is 0 Å². The molecule has 0 aromatic heterocycles. The third-order valence-electron chi connectivity index (χ3n) is 2.25. The summed E-state index contributed by atoms with van der Waals surface area (Å²) in [5, 5.41) is 2.79. The molecule has 12 heavy (non-hydrogen) atoms. The molecule has 0 N–H and O–H groups in total. The Morgan fingerprint density at radius 2 is 1.67 bits per heavy atom. The van der Waals surface area contributed by atoms with Crippen LogP contribution in [0.3, 0.4) is 0 Å². The molecular formula is C11H11Y-. The van der Waals surface area contributed by atoms with E-state index in [2.05, 4.69) is 44.2 Å². The van der Waals surface area contributed by atoms with Crippen LogP contribution < -0.4 is 0 Å². The maximum atomic E-state index is 2.18. The SMILES string of the molecule is Cc1ccc(C)c2[cH-]ccc12.[Y]. The van der Waals surface area contributed by atoms with Gasteiger partial charge in [-0.05, 0) is 6.92 Å². The van der Waals surface area contributed by atoms with Crippen LogP contribution in [0.15, 0.2) is 30.3 Å². The van der Waals surface area contributed by atoms with E-state index in [0.717, 1.165) is 0 Å². The molecule has 0 aliphatic carbocycles. The van der Waals surface area contributed by atoms with Gasteiger partial charge in [0.05, 0.1) is 0 Å². The minimum Gasteiger partial charge on any atom is -0.168 e. The zero-order valence-corrected chi connectivity index (χ0v) is 10.3. The number of rotatable bonds is 0. The molecule has 0 nitrogen and oxygen atoms in total. The average Bonchev–Trinajstić information content (AvgIpc) is 2.45. The van der Waals surface area contributed by atoms with Gasteiger partial charge >= 0.3 is 0 Å². The fourth-order valence-electron chi connectivity index (χ4n) is 1.54. The Hall–Kier alpha value is -0.0661. The molecule has 0 bridgehead atoms. The Bertz CT molecular complexity index is 349. The first-order valence-corrected chi connectivity index (χ1v) is 3.90. The molecule has 0 saturated heterocycles. The van der Waals surface area contributed by atoms with Crippen LogP contribution in [0.2, 0.25) is 0 Å². The minimum atomic E-state index is 0. The van der Waals surface area contributed by atoms with Crippen molar-refractivity contribution in [1.82, 2.24) is 0 Å². The Kier molecular flexibility index (Phi) is 3.14.